The van der Waals surface area contributed by atoms with E-state index in [-0.39, 0.29) is 10.8 Å². The minimum absolute atomic E-state index is 0.229. The average molecular weight is 471 g/mol. The highest BCUT2D eigenvalue weighted by Gasteiger charge is 2.46. The van der Waals surface area contributed by atoms with Gasteiger partial charge in [0.05, 0.1) is 12.2 Å². The van der Waals surface area contributed by atoms with E-state index in [0.717, 1.165) is 22.4 Å². The summed E-state index contributed by atoms with van der Waals surface area (Å²) >= 11 is 16.0. The molecule has 4 nitrogen and oxygen atoms in total. The van der Waals surface area contributed by atoms with E-state index in [4.69, 9.17) is 32.8 Å². The zero-order valence-electron chi connectivity index (χ0n) is 15.1. The SMILES string of the molecule is CCOC(=O)c1ccc(C2=NOC(C)(c3cc(Cl)cc(Cl)c3)C2Br)cc1C. The van der Waals surface area contributed by atoms with Crippen LogP contribution in [0.2, 0.25) is 10.0 Å². The Morgan fingerprint density at radius 1 is 1.26 bits per heavy atom. The monoisotopic (exact) mass is 469 g/mol. The van der Waals surface area contributed by atoms with Crippen LogP contribution in [0.1, 0.15) is 40.9 Å². The maximum atomic E-state index is 12.0. The molecule has 0 spiro atoms. The van der Waals surface area contributed by atoms with Gasteiger partial charge in [0.1, 0.15) is 10.5 Å². The van der Waals surface area contributed by atoms with Crippen molar-refractivity contribution in [1.82, 2.24) is 0 Å². The first-order valence-corrected chi connectivity index (χ1v) is 10.1. The third-order valence-corrected chi connectivity index (χ3v) is 6.25. The highest BCUT2D eigenvalue weighted by atomic mass is 79.9. The predicted molar refractivity (Wildman–Crippen MR) is 111 cm³/mol. The maximum absolute atomic E-state index is 12.0. The smallest absolute Gasteiger partial charge is 0.338 e. The molecule has 1 aliphatic rings. The average Bonchev–Trinajstić information content (AvgIpc) is 2.90. The summed E-state index contributed by atoms with van der Waals surface area (Å²) in [5.41, 5.74) is 2.99. The standard InChI is InChI=1S/C20H18BrCl2NO3/c1-4-26-19(25)16-6-5-12(7-11(16)2)17-18(21)20(3,27-24-17)13-8-14(22)10-15(23)9-13/h5-10,18H,4H2,1-3H3. The van der Waals surface area contributed by atoms with E-state index in [1.54, 1.807) is 19.1 Å². The fourth-order valence-electron chi connectivity index (χ4n) is 3.00. The summed E-state index contributed by atoms with van der Waals surface area (Å²) in [7, 11) is 0. The number of nitrogens with zero attached hydrogens (tertiary/aromatic N) is 1. The van der Waals surface area contributed by atoms with Gasteiger partial charge in [-0.05, 0) is 56.7 Å². The van der Waals surface area contributed by atoms with Crippen LogP contribution in [0.3, 0.4) is 0 Å². The molecule has 1 heterocycles. The maximum Gasteiger partial charge on any atom is 0.338 e. The third kappa shape index (κ3) is 3.86. The lowest BCUT2D eigenvalue weighted by atomic mass is 9.88. The highest BCUT2D eigenvalue weighted by Crippen LogP contribution is 2.42. The zero-order valence-corrected chi connectivity index (χ0v) is 18.2. The summed E-state index contributed by atoms with van der Waals surface area (Å²) in [4.78, 5) is 17.6. The molecule has 0 N–H and O–H groups in total. The fourth-order valence-corrected chi connectivity index (χ4v) is 4.22. The Labute approximate surface area is 176 Å². The zero-order chi connectivity index (χ0) is 19.8. The van der Waals surface area contributed by atoms with Crippen LogP contribution >= 0.6 is 39.1 Å². The minimum atomic E-state index is -0.766. The molecule has 2 unspecified atom stereocenters. The van der Waals surface area contributed by atoms with Crippen LogP contribution in [0.5, 0.6) is 0 Å². The number of hydrogen-bond acceptors (Lipinski definition) is 4. The summed E-state index contributed by atoms with van der Waals surface area (Å²) < 4.78 is 5.08. The molecule has 0 amide bonds. The van der Waals surface area contributed by atoms with Crippen LogP contribution in [-0.2, 0) is 15.2 Å². The van der Waals surface area contributed by atoms with E-state index < -0.39 is 5.60 Å². The Bertz CT molecular complexity index is 911. The van der Waals surface area contributed by atoms with E-state index >= 15 is 0 Å². The Morgan fingerprint density at radius 3 is 2.52 bits per heavy atom. The van der Waals surface area contributed by atoms with Crippen LogP contribution < -0.4 is 0 Å². The van der Waals surface area contributed by atoms with Gasteiger partial charge in [-0.2, -0.15) is 0 Å². The Morgan fingerprint density at radius 2 is 1.93 bits per heavy atom. The first-order valence-electron chi connectivity index (χ1n) is 8.41. The Kier molecular flexibility index (Phi) is 5.84. The van der Waals surface area contributed by atoms with E-state index in [0.29, 0.717) is 22.2 Å². The van der Waals surface area contributed by atoms with Crippen molar-refractivity contribution < 1.29 is 14.4 Å². The lowest BCUT2D eigenvalue weighted by Crippen LogP contribution is -2.34. The van der Waals surface area contributed by atoms with Crippen molar-refractivity contribution in [3.8, 4) is 0 Å². The number of carbonyl (C=O) groups is 1. The second-order valence-electron chi connectivity index (χ2n) is 6.45. The van der Waals surface area contributed by atoms with Crippen LogP contribution in [0.4, 0.5) is 0 Å². The normalized spacial score (nSPS) is 21.6. The molecule has 0 fully saturated rings. The number of oxime groups is 1. The topological polar surface area (TPSA) is 47.9 Å². The second-order valence-corrected chi connectivity index (χ2v) is 8.23. The lowest BCUT2D eigenvalue weighted by Gasteiger charge is -2.26. The molecule has 0 aromatic heterocycles. The summed E-state index contributed by atoms with van der Waals surface area (Å²) in [6.07, 6.45) is 0. The summed E-state index contributed by atoms with van der Waals surface area (Å²) in [6, 6.07) is 10.8. The molecule has 0 bridgehead atoms. The Hall–Kier alpha value is -1.56. The molecule has 0 aliphatic carbocycles. The molecule has 3 rings (SSSR count). The molecule has 0 saturated carbocycles. The number of ether oxygens (including phenoxy) is 1. The van der Waals surface area contributed by atoms with Crippen molar-refractivity contribution in [3.05, 3.63) is 68.7 Å². The van der Waals surface area contributed by atoms with Gasteiger partial charge in [-0.25, -0.2) is 4.79 Å². The van der Waals surface area contributed by atoms with Gasteiger partial charge in [0.2, 0.25) is 0 Å². The largest absolute Gasteiger partial charge is 0.462 e. The van der Waals surface area contributed by atoms with Gasteiger partial charge in [0, 0.05) is 21.2 Å². The number of rotatable bonds is 4. The van der Waals surface area contributed by atoms with Crippen LogP contribution in [0, 0.1) is 6.92 Å². The van der Waals surface area contributed by atoms with Crippen LogP contribution in [0.25, 0.3) is 0 Å². The predicted octanol–water partition coefficient (Wildman–Crippen LogP) is 5.89. The van der Waals surface area contributed by atoms with Crippen molar-refractivity contribution >= 4 is 50.8 Å². The van der Waals surface area contributed by atoms with Gasteiger partial charge in [0.15, 0.2) is 5.60 Å². The lowest BCUT2D eigenvalue weighted by molar-refractivity contribution is -0.00304. The number of halogens is 3. The molecule has 2 aromatic rings. The van der Waals surface area contributed by atoms with E-state index in [1.165, 1.54) is 0 Å². The first kappa shape index (κ1) is 20.2. The fraction of sp³-hybridized carbons (Fsp3) is 0.300. The molecule has 0 radical (unpaired) electrons. The van der Waals surface area contributed by atoms with Crippen LogP contribution in [0.15, 0.2) is 41.6 Å². The van der Waals surface area contributed by atoms with Gasteiger partial charge in [-0.1, -0.05) is 50.4 Å². The van der Waals surface area contributed by atoms with Crippen molar-refractivity contribution in [2.75, 3.05) is 6.61 Å². The number of aryl methyl sites for hydroxylation is 1. The van der Waals surface area contributed by atoms with Gasteiger partial charge in [-0.3, -0.25) is 0 Å². The molecule has 27 heavy (non-hydrogen) atoms. The molecular formula is C20H18BrCl2NO3. The number of benzene rings is 2. The second kappa shape index (κ2) is 7.82. The van der Waals surface area contributed by atoms with Gasteiger partial charge in [-0.15, -0.1) is 0 Å². The van der Waals surface area contributed by atoms with Crippen molar-refractivity contribution in [2.24, 2.45) is 5.16 Å². The van der Waals surface area contributed by atoms with Crippen molar-refractivity contribution in [3.63, 3.8) is 0 Å². The van der Waals surface area contributed by atoms with Gasteiger partial charge >= 0.3 is 5.97 Å². The van der Waals surface area contributed by atoms with Crippen LogP contribution in [-0.4, -0.2) is 23.1 Å². The molecular weight excluding hydrogens is 453 g/mol. The summed E-state index contributed by atoms with van der Waals surface area (Å²) in [5.74, 6) is -0.333. The van der Waals surface area contributed by atoms with E-state index in [1.807, 2.05) is 38.1 Å². The first-order chi connectivity index (χ1) is 12.8. The van der Waals surface area contributed by atoms with Crippen molar-refractivity contribution in [1.29, 1.82) is 0 Å². The third-order valence-electron chi connectivity index (χ3n) is 4.51. The molecule has 142 valence electrons. The van der Waals surface area contributed by atoms with Gasteiger partial charge in [0.25, 0.3) is 0 Å². The van der Waals surface area contributed by atoms with E-state index in [2.05, 4.69) is 21.1 Å². The van der Waals surface area contributed by atoms with E-state index in [9.17, 15) is 4.79 Å². The number of esters is 1. The summed E-state index contributed by atoms with van der Waals surface area (Å²) in [6.45, 7) is 5.91. The highest BCUT2D eigenvalue weighted by molar-refractivity contribution is 9.10. The quantitative estimate of drug-likeness (QED) is 0.413. The number of carbonyl (C=O) groups excluding carboxylic acids is 1. The molecule has 2 atom stereocenters. The Balaban J connectivity index is 1.91. The van der Waals surface area contributed by atoms with Crippen molar-refractivity contribution in [2.45, 2.75) is 31.2 Å². The molecule has 0 saturated heterocycles. The molecule has 2 aromatic carbocycles. The molecule has 7 heteroatoms. The number of alkyl halides is 1. The van der Waals surface area contributed by atoms with Gasteiger partial charge < -0.3 is 9.57 Å². The molecule has 1 aliphatic heterocycles. The summed E-state index contributed by atoms with van der Waals surface area (Å²) in [5, 5.41) is 5.36. The number of hydrogen-bond donors (Lipinski definition) is 0. The minimum Gasteiger partial charge on any atom is -0.462 e.